The topological polar surface area (TPSA) is 63.5 Å². The zero-order chi connectivity index (χ0) is 16.5. The molecule has 0 saturated carbocycles. The number of ether oxygens (including phenoxy) is 1. The zero-order valence-electron chi connectivity index (χ0n) is 14.5. The Hall–Kier alpha value is -1.77. The first kappa shape index (κ1) is 20.3. The molecule has 2 N–H and O–H groups in total. The molecule has 6 nitrogen and oxygen atoms in total. The second-order valence-electron chi connectivity index (χ2n) is 5.29. The highest BCUT2D eigenvalue weighted by molar-refractivity contribution is 14.0. The van der Waals surface area contributed by atoms with E-state index >= 15 is 0 Å². The molecule has 0 radical (unpaired) electrons. The van der Waals surface area contributed by atoms with Crippen molar-refractivity contribution in [2.24, 2.45) is 4.99 Å². The van der Waals surface area contributed by atoms with Crippen LogP contribution in [0.1, 0.15) is 11.1 Å². The molecule has 0 amide bonds. The lowest BCUT2D eigenvalue weighted by molar-refractivity contribution is 0.409. The molecule has 2 rings (SSSR count). The first-order chi connectivity index (χ1) is 11.2. The molecular formula is C17H26IN5O. The van der Waals surface area contributed by atoms with Gasteiger partial charge in [-0.2, -0.15) is 0 Å². The summed E-state index contributed by atoms with van der Waals surface area (Å²) in [6.45, 7) is 4.54. The van der Waals surface area contributed by atoms with Crippen LogP contribution in [0.15, 0.2) is 41.9 Å². The Labute approximate surface area is 160 Å². The maximum Gasteiger partial charge on any atom is 0.191 e. The van der Waals surface area contributed by atoms with E-state index in [0.717, 1.165) is 37.8 Å². The van der Waals surface area contributed by atoms with E-state index in [4.69, 9.17) is 4.74 Å². The van der Waals surface area contributed by atoms with Crippen molar-refractivity contribution in [2.75, 3.05) is 27.2 Å². The molecule has 1 aromatic carbocycles. The Morgan fingerprint density at radius 3 is 2.75 bits per heavy atom. The van der Waals surface area contributed by atoms with Crippen molar-refractivity contribution >= 4 is 29.9 Å². The van der Waals surface area contributed by atoms with Gasteiger partial charge in [-0.05, 0) is 25.0 Å². The summed E-state index contributed by atoms with van der Waals surface area (Å²) in [5.74, 6) is 1.73. The van der Waals surface area contributed by atoms with Crippen LogP contribution in [0.5, 0.6) is 5.75 Å². The maximum atomic E-state index is 5.41. The number of rotatable bonds is 7. The molecule has 132 valence electrons. The Bertz CT molecular complexity index is 628. The van der Waals surface area contributed by atoms with Gasteiger partial charge in [0, 0.05) is 39.1 Å². The predicted molar refractivity (Wildman–Crippen MR) is 108 cm³/mol. The predicted octanol–water partition coefficient (Wildman–Crippen LogP) is 2.23. The number of benzene rings is 1. The Morgan fingerprint density at radius 2 is 2.08 bits per heavy atom. The third kappa shape index (κ3) is 6.38. The Balaban J connectivity index is 0.00000288. The summed E-state index contributed by atoms with van der Waals surface area (Å²) in [5, 5.41) is 6.62. The van der Waals surface area contributed by atoms with Crippen molar-refractivity contribution in [1.82, 2.24) is 20.2 Å². The van der Waals surface area contributed by atoms with Crippen LogP contribution < -0.4 is 15.4 Å². The number of hydrogen-bond donors (Lipinski definition) is 2. The number of aromatic nitrogens is 2. The van der Waals surface area contributed by atoms with E-state index in [0.29, 0.717) is 0 Å². The van der Waals surface area contributed by atoms with Crippen LogP contribution in [-0.4, -0.2) is 42.8 Å². The van der Waals surface area contributed by atoms with Gasteiger partial charge < -0.3 is 19.9 Å². The van der Waals surface area contributed by atoms with Crippen LogP contribution in [0, 0.1) is 6.92 Å². The fraction of sp³-hybridized carbons (Fsp3) is 0.412. The smallest absolute Gasteiger partial charge is 0.191 e. The normalized spacial score (nSPS) is 10.9. The molecule has 0 unspecified atom stereocenters. The summed E-state index contributed by atoms with van der Waals surface area (Å²) >= 11 is 0. The van der Waals surface area contributed by atoms with Crippen LogP contribution >= 0.6 is 24.0 Å². The minimum Gasteiger partial charge on any atom is -0.496 e. The van der Waals surface area contributed by atoms with Gasteiger partial charge in [0.25, 0.3) is 0 Å². The molecule has 1 aromatic heterocycles. The second kappa shape index (κ2) is 10.9. The highest BCUT2D eigenvalue weighted by Crippen LogP contribution is 2.19. The van der Waals surface area contributed by atoms with Crippen LogP contribution in [0.25, 0.3) is 0 Å². The van der Waals surface area contributed by atoms with Gasteiger partial charge in [-0.15, -0.1) is 24.0 Å². The fourth-order valence-electron chi connectivity index (χ4n) is 2.36. The highest BCUT2D eigenvalue weighted by atomic mass is 127. The van der Waals surface area contributed by atoms with Crippen molar-refractivity contribution < 1.29 is 4.74 Å². The lowest BCUT2D eigenvalue weighted by Gasteiger charge is -2.13. The Kier molecular flexibility index (Phi) is 9.21. The van der Waals surface area contributed by atoms with E-state index in [1.807, 2.05) is 23.2 Å². The van der Waals surface area contributed by atoms with E-state index in [1.54, 1.807) is 20.4 Å². The minimum atomic E-state index is 0. The van der Waals surface area contributed by atoms with E-state index in [9.17, 15) is 0 Å². The SMILES string of the molecule is CN=C(NCCc1cc(C)ccc1OC)NCCn1ccnc1.I. The van der Waals surface area contributed by atoms with E-state index in [2.05, 4.69) is 39.7 Å². The number of methoxy groups -OCH3 is 1. The number of aryl methyl sites for hydroxylation is 1. The number of hydrogen-bond acceptors (Lipinski definition) is 3. The van der Waals surface area contributed by atoms with Crippen molar-refractivity contribution in [3.05, 3.63) is 48.0 Å². The molecule has 24 heavy (non-hydrogen) atoms. The van der Waals surface area contributed by atoms with Crippen LogP contribution in [0.4, 0.5) is 0 Å². The van der Waals surface area contributed by atoms with Gasteiger partial charge in [-0.1, -0.05) is 17.7 Å². The molecule has 1 heterocycles. The molecule has 0 aliphatic heterocycles. The molecule has 0 saturated heterocycles. The highest BCUT2D eigenvalue weighted by Gasteiger charge is 2.04. The summed E-state index contributed by atoms with van der Waals surface area (Å²) in [4.78, 5) is 8.26. The minimum absolute atomic E-state index is 0. The average Bonchev–Trinajstić information content (AvgIpc) is 3.07. The monoisotopic (exact) mass is 443 g/mol. The number of guanidine groups is 1. The van der Waals surface area contributed by atoms with Crippen molar-refractivity contribution in [2.45, 2.75) is 19.9 Å². The number of halogens is 1. The van der Waals surface area contributed by atoms with Crippen molar-refractivity contribution in [3.8, 4) is 5.75 Å². The van der Waals surface area contributed by atoms with Gasteiger partial charge >= 0.3 is 0 Å². The molecular weight excluding hydrogens is 417 g/mol. The van der Waals surface area contributed by atoms with Gasteiger partial charge in [-0.3, -0.25) is 4.99 Å². The lowest BCUT2D eigenvalue weighted by Crippen LogP contribution is -2.39. The van der Waals surface area contributed by atoms with Gasteiger partial charge in [0.05, 0.1) is 13.4 Å². The first-order valence-corrected chi connectivity index (χ1v) is 7.76. The second-order valence-corrected chi connectivity index (χ2v) is 5.29. The standard InChI is InChI=1S/C17H25N5O.HI/c1-14-4-5-16(23-3)15(12-14)6-7-20-17(18-2)21-9-11-22-10-8-19-13-22;/h4-5,8,10,12-13H,6-7,9,11H2,1-3H3,(H2,18,20,21);1H. The summed E-state index contributed by atoms with van der Waals surface area (Å²) in [6.07, 6.45) is 6.42. The number of imidazole rings is 1. The molecule has 7 heteroatoms. The van der Waals surface area contributed by atoms with Gasteiger partial charge in [0.2, 0.25) is 0 Å². The van der Waals surface area contributed by atoms with Crippen LogP contribution in [-0.2, 0) is 13.0 Å². The fourth-order valence-corrected chi connectivity index (χ4v) is 2.36. The van der Waals surface area contributed by atoms with E-state index < -0.39 is 0 Å². The molecule has 0 aliphatic carbocycles. The summed E-state index contributed by atoms with van der Waals surface area (Å²) < 4.78 is 7.43. The molecule has 0 spiro atoms. The van der Waals surface area contributed by atoms with Crippen molar-refractivity contribution in [1.29, 1.82) is 0 Å². The van der Waals surface area contributed by atoms with Crippen molar-refractivity contribution in [3.63, 3.8) is 0 Å². The zero-order valence-corrected chi connectivity index (χ0v) is 16.8. The maximum absolute atomic E-state index is 5.41. The number of nitrogens with zero attached hydrogens (tertiary/aromatic N) is 3. The van der Waals surface area contributed by atoms with Crippen LogP contribution in [0.2, 0.25) is 0 Å². The van der Waals surface area contributed by atoms with Gasteiger partial charge in [0.1, 0.15) is 5.75 Å². The lowest BCUT2D eigenvalue weighted by atomic mass is 10.1. The third-order valence-electron chi connectivity index (χ3n) is 3.57. The third-order valence-corrected chi connectivity index (χ3v) is 3.57. The molecule has 0 atom stereocenters. The largest absolute Gasteiger partial charge is 0.496 e. The summed E-state index contributed by atoms with van der Waals surface area (Å²) in [5.41, 5.74) is 2.44. The Morgan fingerprint density at radius 1 is 1.29 bits per heavy atom. The molecule has 2 aromatic rings. The molecule has 0 bridgehead atoms. The first-order valence-electron chi connectivity index (χ1n) is 7.76. The average molecular weight is 443 g/mol. The van der Waals surface area contributed by atoms with Gasteiger partial charge in [-0.25, -0.2) is 4.98 Å². The van der Waals surface area contributed by atoms with E-state index in [1.165, 1.54) is 11.1 Å². The molecule has 0 fully saturated rings. The number of nitrogens with one attached hydrogen (secondary N) is 2. The summed E-state index contributed by atoms with van der Waals surface area (Å²) in [6, 6.07) is 6.24. The molecule has 0 aliphatic rings. The summed E-state index contributed by atoms with van der Waals surface area (Å²) in [7, 11) is 3.48. The van der Waals surface area contributed by atoms with E-state index in [-0.39, 0.29) is 24.0 Å². The number of aliphatic imine (C=N–C) groups is 1. The van der Waals surface area contributed by atoms with Crippen LogP contribution in [0.3, 0.4) is 0 Å². The van der Waals surface area contributed by atoms with Gasteiger partial charge in [0.15, 0.2) is 5.96 Å². The quantitative estimate of drug-likeness (QED) is 0.392.